The molecule has 0 saturated carbocycles. The van der Waals surface area contributed by atoms with Gasteiger partial charge < -0.3 is 14.4 Å². The molecule has 26 heavy (non-hydrogen) atoms. The average Bonchev–Trinajstić information content (AvgIpc) is 3.01. The molecule has 0 fully saturated rings. The van der Waals surface area contributed by atoms with E-state index in [0.29, 0.717) is 25.6 Å². The van der Waals surface area contributed by atoms with Crippen LogP contribution in [0.4, 0.5) is 13.2 Å². The molecule has 9 heteroatoms. The molecule has 0 unspecified atom stereocenters. The molecule has 0 bridgehead atoms. The van der Waals surface area contributed by atoms with E-state index in [-0.39, 0.29) is 6.54 Å². The SMILES string of the molecule is O=C(COCC(F)(F)F)N1CCn2nc(OCc3ccccc3)cc2C1. The Kier molecular flexibility index (Phi) is 5.46. The zero-order valence-electron chi connectivity index (χ0n) is 13.9. The summed E-state index contributed by atoms with van der Waals surface area (Å²) < 4.78 is 48.0. The summed E-state index contributed by atoms with van der Waals surface area (Å²) in [6.45, 7) is -0.565. The van der Waals surface area contributed by atoms with Crippen molar-refractivity contribution < 1.29 is 27.4 Å². The number of halogens is 3. The monoisotopic (exact) mass is 369 g/mol. The summed E-state index contributed by atoms with van der Waals surface area (Å²) in [7, 11) is 0. The highest BCUT2D eigenvalue weighted by Crippen LogP contribution is 2.19. The lowest BCUT2D eigenvalue weighted by Crippen LogP contribution is -2.40. The van der Waals surface area contributed by atoms with Gasteiger partial charge in [0.05, 0.1) is 18.8 Å². The molecule has 1 aromatic carbocycles. The molecule has 0 N–H and O–H groups in total. The largest absolute Gasteiger partial charge is 0.472 e. The predicted molar refractivity (Wildman–Crippen MR) is 85.3 cm³/mol. The van der Waals surface area contributed by atoms with E-state index in [4.69, 9.17) is 4.74 Å². The van der Waals surface area contributed by atoms with E-state index in [0.717, 1.165) is 11.3 Å². The van der Waals surface area contributed by atoms with Crippen LogP contribution in [0.1, 0.15) is 11.3 Å². The number of alkyl halides is 3. The Morgan fingerprint density at radius 3 is 2.69 bits per heavy atom. The lowest BCUT2D eigenvalue weighted by molar-refractivity contribution is -0.178. The molecule has 0 spiro atoms. The van der Waals surface area contributed by atoms with Crippen LogP contribution in [0.2, 0.25) is 0 Å². The molecule has 0 aliphatic carbocycles. The third-order valence-electron chi connectivity index (χ3n) is 3.85. The molecular weight excluding hydrogens is 351 g/mol. The van der Waals surface area contributed by atoms with Gasteiger partial charge in [0.2, 0.25) is 11.8 Å². The summed E-state index contributed by atoms with van der Waals surface area (Å²) in [5.41, 5.74) is 1.78. The molecule has 1 amide bonds. The number of aromatic nitrogens is 2. The Balaban J connectivity index is 1.52. The van der Waals surface area contributed by atoms with Crippen LogP contribution < -0.4 is 4.74 Å². The van der Waals surface area contributed by atoms with Crippen molar-refractivity contribution in [1.29, 1.82) is 0 Å². The molecule has 1 aliphatic heterocycles. The maximum atomic E-state index is 12.1. The highest BCUT2D eigenvalue weighted by molar-refractivity contribution is 5.77. The van der Waals surface area contributed by atoms with E-state index in [2.05, 4.69) is 9.84 Å². The van der Waals surface area contributed by atoms with Gasteiger partial charge in [-0.15, -0.1) is 5.10 Å². The lowest BCUT2D eigenvalue weighted by atomic mass is 10.2. The van der Waals surface area contributed by atoms with E-state index >= 15 is 0 Å². The Labute approximate surface area is 148 Å². The second-order valence-corrected chi connectivity index (χ2v) is 5.89. The minimum absolute atomic E-state index is 0.260. The Bertz CT molecular complexity index is 747. The van der Waals surface area contributed by atoms with Gasteiger partial charge in [0, 0.05) is 12.6 Å². The van der Waals surface area contributed by atoms with Crippen LogP contribution in [-0.4, -0.2) is 46.5 Å². The molecule has 0 atom stereocenters. The first-order valence-electron chi connectivity index (χ1n) is 8.06. The molecule has 0 saturated heterocycles. The number of ether oxygens (including phenoxy) is 2. The Morgan fingerprint density at radius 1 is 1.19 bits per heavy atom. The molecule has 2 heterocycles. The summed E-state index contributed by atoms with van der Waals surface area (Å²) in [6.07, 6.45) is -4.44. The quantitative estimate of drug-likeness (QED) is 0.785. The summed E-state index contributed by atoms with van der Waals surface area (Å²) in [5, 5.41) is 4.33. The van der Waals surface area contributed by atoms with Crippen LogP contribution >= 0.6 is 0 Å². The van der Waals surface area contributed by atoms with E-state index < -0.39 is 25.3 Å². The van der Waals surface area contributed by atoms with Gasteiger partial charge in [0.15, 0.2) is 0 Å². The van der Waals surface area contributed by atoms with Crippen LogP contribution in [0, 0.1) is 0 Å². The van der Waals surface area contributed by atoms with Crippen molar-refractivity contribution in [1.82, 2.24) is 14.7 Å². The topological polar surface area (TPSA) is 56.6 Å². The third kappa shape index (κ3) is 4.98. The smallest absolute Gasteiger partial charge is 0.411 e. The second-order valence-electron chi connectivity index (χ2n) is 5.89. The van der Waals surface area contributed by atoms with Gasteiger partial charge in [-0.05, 0) is 5.56 Å². The van der Waals surface area contributed by atoms with Crippen molar-refractivity contribution in [3.63, 3.8) is 0 Å². The molecule has 6 nitrogen and oxygen atoms in total. The first kappa shape index (κ1) is 18.2. The van der Waals surface area contributed by atoms with Gasteiger partial charge in [0.25, 0.3) is 0 Å². The zero-order valence-corrected chi connectivity index (χ0v) is 13.9. The fourth-order valence-electron chi connectivity index (χ4n) is 2.60. The minimum atomic E-state index is -4.44. The van der Waals surface area contributed by atoms with Gasteiger partial charge in [-0.25, -0.2) is 0 Å². The van der Waals surface area contributed by atoms with Crippen molar-refractivity contribution in [2.75, 3.05) is 19.8 Å². The maximum absolute atomic E-state index is 12.1. The normalized spacial score (nSPS) is 14.2. The second kappa shape index (κ2) is 7.77. The molecule has 3 rings (SSSR count). The predicted octanol–water partition coefficient (Wildman–Crippen LogP) is 2.38. The fourth-order valence-corrected chi connectivity index (χ4v) is 2.60. The summed E-state index contributed by atoms with van der Waals surface area (Å²) in [4.78, 5) is 13.4. The number of carbonyl (C=O) groups is 1. The van der Waals surface area contributed by atoms with E-state index in [1.165, 1.54) is 4.90 Å². The van der Waals surface area contributed by atoms with Crippen molar-refractivity contribution in [3.8, 4) is 5.88 Å². The number of benzene rings is 1. The minimum Gasteiger partial charge on any atom is -0.472 e. The number of rotatable bonds is 6. The lowest BCUT2D eigenvalue weighted by Gasteiger charge is -2.27. The first-order valence-corrected chi connectivity index (χ1v) is 8.06. The van der Waals surface area contributed by atoms with E-state index in [1.54, 1.807) is 10.7 Å². The Hall–Kier alpha value is -2.55. The number of amides is 1. The Morgan fingerprint density at radius 2 is 1.96 bits per heavy atom. The van der Waals surface area contributed by atoms with Crippen molar-refractivity contribution >= 4 is 5.91 Å². The molecule has 1 aromatic heterocycles. The third-order valence-corrected chi connectivity index (χ3v) is 3.85. The first-order chi connectivity index (χ1) is 12.4. The number of fused-ring (bicyclic) bond motifs is 1. The van der Waals surface area contributed by atoms with Crippen LogP contribution in [0.25, 0.3) is 0 Å². The van der Waals surface area contributed by atoms with Crippen molar-refractivity contribution in [2.24, 2.45) is 0 Å². The standard InChI is InChI=1S/C17H18F3N3O3/c18-17(19,20)12-25-11-16(24)22-6-7-23-14(9-22)8-15(21-23)26-10-13-4-2-1-3-5-13/h1-5,8H,6-7,9-12H2. The number of nitrogens with zero attached hydrogens (tertiary/aromatic N) is 3. The van der Waals surface area contributed by atoms with E-state index in [1.807, 2.05) is 30.3 Å². The van der Waals surface area contributed by atoms with E-state index in [9.17, 15) is 18.0 Å². The highest BCUT2D eigenvalue weighted by atomic mass is 19.4. The van der Waals surface area contributed by atoms with Gasteiger partial charge in [-0.1, -0.05) is 30.3 Å². The summed E-state index contributed by atoms with van der Waals surface area (Å²) in [5.74, 6) is -0.0278. The van der Waals surface area contributed by atoms with Crippen LogP contribution in [-0.2, 0) is 29.2 Å². The molecule has 1 aliphatic rings. The fraction of sp³-hybridized carbons (Fsp3) is 0.412. The highest BCUT2D eigenvalue weighted by Gasteiger charge is 2.29. The van der Waals surface area contributed by atoms with Gasteiger partial charge in [0.1, 0.15) is 19.8 Å². The molecule has 140 valence electrons. The van der Waals surface area contributed by atoms with Crippen LogP contribution in [0.5, 0.6) is 5.88 Å². The molecule has 2 aromatic rings. The molecule has 0 radical (unpaired) electrons. The summed E-state index contributed by atoms with van der Waals surface area (Å²) in [6, 6.07) is 11.4. The number of hydrogen-bond donors (Lipinski definition) is 0. The number of carbonyl (C=O) groups excluding carboxylic acids is 1. The number of hydrogen-bond acceptors (Lipinski definition) is 4. The average molecular weight is 369 g/mol. The molecular formula is C17H18F3N3O3. The van der Waals surface area contributed by atoms with Crippen molar-refractivity contribution in [2.45, 2.75) is 25.9 Å². The van der Waals surface area contributed by atoms with Gasteiger partial charge in [-0.2, -0.15) is 13.2 Å². The van der Waals surface area contributed by atoms with Crippen molar-refractivity contribution in [3.05, 3.63) is 47.7 Å². The van der Waals surface area contributed by atoms with Crippen LogP contribution in [0.15, 0.2) is 36.4 Å². The summed E-state index contributed by atoms with van der Waals surface area (Å²) >= 11 is 0. The van der Waals surface area contributed by atoms with Crippen LogP contribution in [0.3, 0.4) is 0 Å². The van der Waals surface area contributed by atoms with Gasteiger partial charge >= 0.3 is 6.18 Å². The maximum Gasteiger partial charge on any atom is 0.411 e. The van der Waals surface area contributed by atoms with Gasteiger partial charge in [-0.3, -0.25) is 9.48 Å². The zero-order chi connectivity index (χ0) is 18.6.